The Kier molecular flexibility index (Phi) is 6.04. The van der Waals surface area contributed by atoms with Gasteiger partial charge in [0.1, 0.15) is 0 Å². The molecule has 0 atom stereocenters. The van der Waals surface area contributed by atoms with Gasteiger partial charge in [0, 0.05) is 13.1 Å². The Morgan fingerprint density at radius 1 is 0.967 bits per heavy atom. The number of para-hydroxylation sites is 1. The van der Waals surface area contributed by atoms with E-state index in [1.165, 1.54) is 60.9 Å². The van der Waals surface area contributed by atoms with Crippen LogP contribution in [-0.4, -0.2) is 28.5 Å². The van der Waals surface area contributed by atoms with Gasteiger partial charge >= 0.3 is 5.97 Å². The van der Waals surface area contributed by atoms with Gasteiger partial charge in [-0.2, -0.15) is 5.26 Å². The maximum absolute atomic E-state index is 12.8. The molecule has 0 heterocycles. The molecule has 0 saturated heterocycles. The van der Waals surface area contributed by atoms with E-state index >= 15 is 0 Å². The predicted molar refractivity (Wildman–Crippen MR) is 111 cm³/mol. The minimum Gasteiger partial charge on any atom is -0.493 e. The van der Waals surface area contributed by atoms with Crippen molar-refractivity contribution in [3.8, 4) is 17.6 Å². The first-order valence-electron chi connectivity index (χ1n) is 8.81. The highest BCUT2D eigenvalue weighted by molar-refractivity contribution is 7.92. The molecule has 0 aliphatic rings. The van der Waals surface area contributed by atoms with Crippen LogP contribution in [0, 0.1) is 11.3 Å². The van der Waals surface area contributed by atoms with E-state index in [-0.39, 0.29) is 22.0 Å². The van der Waals surface area contributed by atoms with E-state index in [9.17, 15) is 13.2 Å². The lowest BCUT2D eigenvalue weighted by Gasteiger charge is -2.19. The second-order valence-electron chi connectivity index (χ2n) is 6.20. The van der Waals surface area contributed by atoms with Crippen molar-refractivity contribution >= 4 is 21.7 Å². The van der Waals surface area contributed by atoms with Crippen molar-refractivity contribution in [2.24, 2.45) is 0 Å². The lowest BCUT2D eigenvalue weighted by Crippen LogP contribution is -2.26. The first-order valence-corrected chi connectivity index (χ1v) is 10.2. The van der Waals surface area contributed by atoms with Crippen molar-refractivity contribution < 1.29 is 22.7 Å². The molecule has 7 nitrogen and oxygen atoms in total. The first kappa shape index (κ1) is 20.9. The van der Waals surface area contributed by atoms with Gasteiger partial charge in [0.2, 0.25) is 0 Å². The SMILES string of the molecule is COc1cc(C#N)ccc1OC(=O)c1ccc(S(=O)(=O)N(C)c2ccccc2)cc1. The van der Waals surface area contributed by atoms with Gasteiger partial charge in [-0.15, -0.1) is 0 Å². The summed E-state index contributed by atoms with van der Waals surface area (Å²) in [6, 6.07) is 20.5. The first-order chi connectivity index (χ1) is 14.4. The van der Waals surface area contributed by atoms with E-state index in [0.29, 0.717) is 11.3 Å². The second kappa shape index (κ2) is 8.68. The van der Waals surface area contributed by atoms with E-state index in [1.807, 2.05) is 6.07 Å². The number of ether oxygens (including phenoxy) is 2. The number of carbonyl (C=O) groups is 1. The third-order valence-corrected chi connectivity index (χ3v) is 6.16. The number of methoxy groups -OCH3 is 1. The topological polar surface area (TPSA) is 96.7 Å². The van der Waals surface area contributed by atoms with Crippen molar-refractivity contribution in [3.63, 3.8) is 0 Å². The number of carbonyl (C=O) groups excluding carboxylic acids is 1. The number of hydrogen-bond acceptors (Lipinski definition) is 6. The molecule has 0 saturated carbocycles. The number of anilines is 1. The Hall–Kier alpha value is -3.83. The average molecular weight is 422 g/mol. The molecule has 3 aromatic rings. The molecule has 152 valence electrons. The summed E-state index contributed by atoms with van der Waals surface area (Å²) in [6.07, 6.45) is 0. The van der Waals surface area contributed by atoms with Crippen LogP contribution in [0.2, 0.25) is 0 Å². The van der Waals surface area contributed by atoms with E-state index in [2.05, 4.69) is 0 Å². The van der Waals surface area contributed by atoms with E-state index in [4.69, 9.17) is 14.7 Å². The number of nitrogens with zero attached hydrogens (tertiary/aromatic N) is 2. The fraction of sp³-hybridized carbons (Fsp3) is 0.0909. The highest BCUT2D eigenvalue weighted by Crippen LogP contribution is 2.29. The molecule has 0 radical (unpaired) electrons. The summed E-state index contributed by atoms with van der Waals surface area (Å²) in [5, 5.41) is 8.95. The Morgan fingerprint density at radius 3 is 2.23 bits per heavy atom. The van der Waals surface area contributed by atoms with Crippen LogP contribution in [0.15, 0.2) is 77.7 Å². The normalized spacial score (nSPS) is 10.7. The molecule has 0 unspecified atom stereocenters. The van der Waals surface area contributed by atoms with Gasteiger partial charge in [0.05, 0.1) is 34.9 Å². The monoisotopic (exact) mass is 422 g/mol. The molecule has 3 rings (SSSR count). The third kappa shape index (κ3) is 4.26. The van der Waals surface area contributed by atoms with Gasteiger partial charge < -0.3 is 9.47 Å². The van der Waals surface area contributed by atoms with Crippen molar-refractivity contribution in [2.45, 2.75) is 4.90 Å². The summed E-state index contributed by atoms with van der Waals surface area (Å²) in [6.45, 7) is 0. The lowest BCUT2D eigenvalue weighted by atomic mass is 10.2. The second-order valence-corrected chi connectivity index (χ2v) is 8.17. The van der Waals surface area contributed by atoms with E-state index < -0.39 is 16.0 Å². The number of nitriles is 1. The third-order valence-electron chi connectivity index (χ3n) is 4.36. The molecule has 0 bridgehead atoms. The van der Waals surface area contributed by atoms with Crippen LogP contribution in [0.5, 0.6) is 11.5 Å². The molecule has 0 spiro atoms. The number of esters is 1. The van der Waals surface area contributed by atoms with Crippen molar-refractivity contribution in [1.82, 2.24) is 0 Å². The van der Waals surface area contributed by atoms with Crippen molar-refractivity contribution in [3.05, 3.63) is 83.9 Å². The number of hydrogen-bond donors (Lipinski definition) is 0. The molecular weight excluding hydrogens is 404 g/mol. The van der Waals surface area contributed by atoms with Gasteiger partial charge in [-0.3, -0.25) is 4.31 Å². The number of benzene rings is 3. The van der Waals surface area contributed by atoms with Crippen LogP contribution in [0.3, 0.4) is 0 Å². The summed E-state index contributed by atoms with van der Waals surface area (Å²) in [5.41, 5.74) is 1.06. The zero-order valence-electron chi connectivity index (χ0n) is 16.3. The summed E-state index contributed by atoms with van der Waals surface area (Å²) in [4.78, 5) is 12.5. The molecule has 30 heavy (non-hydrogen) atoms. The molecule has 0 aliphatic heterocycles. The minimum atomic E-state index is -3.78. The highest BCUT2D eigenvalue weighted by atomic mass is 32.2. The fourth-order valence-corrected chi connectivity index (χ4v) is 3.87. The van der Waals surface area contributed by atoms with Gasteiger partial charge in [-0.1, -0.05) is 18.2 Å². The van der Waals surface area contributed by atoms with Crippen LogP contribution in [0.25, 0.3) is 0 Å². The van der Waals surface area contributed by atoms with E-state index in [0.717, 1.165) is 0 Å². The summed E-state index contributed by atoms with van der Waals surface area (Å²) >= 11 is 0. The molecule has 0 amide bonds. The lowest BCUT2D eigenvalue weighted by molar-refractivity contribution is 0.0729. The Balaban J connectivity index is 1.80. The Labute approximate surface area is 174 Å². The smallest absolute Gasteiger partial charge is 0.343 e. The van der Waals surface area contributed by atoms with Crippen LogP contribution in [-0.2, 0) is 10.0 Å². The largest absolute Gasteiger partial charge is 0.493 e. The van der Waals surface area contributed by atoms with Crippen LogP contribution < -0.4 is 13.8 Å². The van der Waals surface area contributed by atoms with Gasteiger partial charge in [-0.05, 0) is 48.5 Å². The quantitative estimate of drug-likeness (QED) is 0.445. The van der Waals surface area contributed by atoms with Crippen molar-refractivity contribution in [2.75, 3.05) is 18.5 Å². The summed E-state index contributed by atoms with van der Waals surface area (Å²) < 4.78 is 37.3. The molecule has 0 aromatic heterocycles. The average Bonchev–Trinajstić information content (AvgIpc) is 2.79. The standard InChI is InChI=1S/C22H18N2O5S/c1-24(18-6-4-3-5-7-18)30(26,27)19-11-9-17(10-12-19)22(25)29-20-13-8-16(15-23)14-21(20)28-2/h3-14H,1-2H3. The van der Waals surface area contributed by atoms with Crippen molar-refractivity contribution in [1.29, 1.82) is 5.26 Å². The molecule has 0 fully saturated rings. The maximum atomic E-state index is 12.8. The van der Waals surface area contributed by atoms with Crippen LogP contribution in [0.1, 0.15) is 15.9 Å². The predicted octanol–water partition coefficient (Wildman–Crippen LogP) is 3.61. The molecule has 0 aliphatic carbocycles. The number of sulfonamides is 1. The zero-order valence-corrected chi connectivity index (χ0v) is 17.1. The fourth-order valence-electron chi connectivity index (χ4n) is 2.68. The maximum Gasteiger partial charge on any atom is 0.343 e. The molecule has 3 aromatic carbocycles. The molecular formula is C22H18N2O5S. The molecule has 0 N–H and O–H groups in total. The summed E-state index contributed by atoms with van der Waals surface area (Å²) in [7, 11) is -0.919. The summed E-state index contributed by atoms with van der Waals surface area (Å²) in [5.74, 6) is -0.286. The highest BCUT2D eigenvalue weighted by Gasteiger charge is 2.22. The van der Waals surface area contributed by atoms with Gasteiger partial charge in [0.25, 0.3) is 10.0 Å². The molecule has 8 heteroatoms. The Morgan fingerprint density at radius 2 is 1.63 bits per heavy atom. The van der Waals surface area contributed by atoms with Gasteiger partial charge in [-0.25, -0.2) is 13.2 Å². The van der Waals surface area contributed by atoms with Crippen LogP contribution in [0.4, 0.5) is 5.69 Å². The number of rotatable bonds is 6. The Bertz CT molecular complexity index is 1200. The van der Waals surface area contributed by atoms with Crippen LogP contribution >= 0.6 is 0 Å². The minimum absolute atomic E-state index is 0.0429. The van der Waals surface area contributed by atoms with Gasteiger partial charge in [0.15, 0.2) is 11.5 Å². The zero-order chi connectivity index (χ0) is 21.7. The van der Waals surface area contributed by atoms with E-state index in [1.54, 1.807) is 30.3 Å².